The number of hydrogen-bond acceptors (Lipinski definition) is 3. The maximum absolute atomic E-state index is 10.9. The molecule has 0 bridgehead atoms. The number of benzene rings is 3. The van der Waals surface area contributed by atoms with E-state index >= 15 is 0 Å². The molecule has 0 radical (unpaired) electrons. The summed E-state index contributed by atoms with van der Waals surface area (Å²) in [5.74, 6) is 0. The van der Waals surface area contributed by atoms with Gasteiger partial charge >= 0.3 is 0 Å². The number of rotatable bonds is 3. The first-order valence-electron chi connectivity index (χ1n) is 6.61. The van der Waals surface area contributed by atoms with Crippen LogP contribution in [0.3, 0.4) is 0 Å². The Morgan fingerprint density at radius 2 is 1.82 bits per heavy atom. The van der Waals surface area contributed by atoms with Crippen molar-refractivity contribution in [2.45, 2.75) is 0 Å². The lowest BCUT2D eigenvalue weighted by Crippen LogP contribution is -1.91. The Morgan fingerprint density at radius 1 is 1.05 bits per heavy atom. The first-order chi connectivity index (χ1) is 10.6. The maximum Gasteiger partial charge on any atom is 0.288 e. The second-order valence-electron chi connectivity index (χ2n) is 4.72. The van der Waals surface area contributed by atoms with E-state index < -0.39 is 4.92 Å². The van der Waals surface area contributed by atoms with Crippen molar-refractivity contribution in [3.63, 3.8) is 0 Å². The third-order valence-corrected chi connectivity index (χ3v) is 3.61. The molecule has 0 aliphatic carbocycles. The monoisotopic (exact) mass is 310 g/mol. The fourth-order valence-corrected chi connectivity index (χ4v) is 2.40. The number of nitro benzene ring substituents is 1. The molecule has 3 rings (SSSR count). The highest BCUT2D eigenvalue weighted by atomic mass is 35.5. The average Bonchev–Trinajstić information content (AvgIpc) is 2.53. The SMILES string of the molecule is O=[N+]([O-])c1cc(C=Nc2cccc3ccccc23)ccc1Cl. The standard InChI is InChI=1S/C17H11ClN2O2/c18-15-9-8-12(10-17(15)20(21)22)11-19-16-7-3-5-13-4-1-2-6-14(13)16/h1-11H. The van der Waals surface area contributed by atoms with Gasteiger partial charge in [0.1, 0.15) is 5.02 Å². The molecule has 0 heterocycles. The minimum Gasteiger partial charge on any atom is -0.258 e. The normalized spacial score (nSPS) is 11.1. The van der Waals surface area contributed by atoms with Gasteiger partial charge in [0, 0.05) is 17.7 Å². The van der Waals surface area contributed by atoms with Gasteiger partial charge in [0.25, 0.3) is 5.69 Å². The van der Waals surface area contributed by atoms with Crippen LogP contribution in [0.15, 0.2) is 65.7 Å². The largest absolute Gasteiger partial charge is 0.288 e. The molecule has 0 saturated heterocycles. The van der Waals surface area contributed by atoms with Crippen molar-refractivity contribution in [1.82, 2.24) is 0 Å². The molecule has 0 atom stereocenters. The van der Waals surface area contributed by atoms with E-state index in [-0.39, 0.29) is 10.7 Å². The Bertz CT molecular complexity index is 885. The molecule has 0 unspecified atom stereocenters. The number of aliphatic imine (C=N–C) groups is 1. The molecule has 4 nitrogen and oxygen atoms in total. The van der Waals surface area contributed by atoms with Crippen molar-refractivity contribution in [1.29, 1.82) is 0 Å². The maximum atomic E-state index is 10.9. The number of nitrogens with zero attached hydrogens (tertiary/aromatic N) is 2. The van der Waals surface area contributed by atoms with Crippen LogP contribution in [0.4, 0.5) is 11.4 Å². The van der Waals surface area contributed by atoms with E-state index in [0.717, 1.165) is 16.5 Å². The van der Waals surface area contributed by atoms with Crippen molar-refractivity contribution in [2.75, 3.05) is 0 Å². The Morgan fingerprint density at radius 3 is 2.64 bits per heavy atom. The molecule has 0 aliphatic rings. The van der Waals surface area contributed by atoms with Crippen LogP contribution in [0.1, 0.15) is 5.56 Å². The van der Waals surface area contributed by atoms with Gasteiger partial charge in [-0.3, -0.25) is 15.1 Å². The highest BCUT2D eigenvalue weighted by molar-refractivity contribution is 6.32. The Balaban J connectivity index is 2.00. The van der Waals surface area contributed by atoms with E-state index in [1.165, 1.54) is 12.1 Å². The molecular weight excluding hydrogens is 300 g/mol. The van der Waals surface area contributed by atoms with Gasteiger partial charge in [-0.05, 0) is 23.1 Å². The zero-order valence-corrected chi connectivity index (χ0v) is 12.2. The van der Waals surface area contributed by atoms with Crippen LogP contribution in [-0.2, 0) is 0 Å². The molecule has 0 fully saturated rings. The predicted molar refractivity (Wildman–Crippen MR) is 89.3 cm³/mol. The summed E-state index contributed by atoms with van der Waals surface area (Å²) in [4.78, 5) is 14.8. The number of fused-ring (bicyclic) bond motifs is 1. The summed E-state index contributed by atoms with van der Waals surface area (Å²) in [6.07, 6.45) is 1.60. The van der Waals surface area contributed by atoms with Gasteiger partial charge in [-0.1, -0.05) is 54.1 Å². The summed E-state index contributed by atoms with van der Waals surface area (Å²) in [5.41, 5.74) is 1.32. The summed E-state index contributed by atoms with van der Waals surface area (Å²) in [5, 5.41) is 13.1. The van der Waals surface area contributed by atoms with Crippen LogP contribution in [0, 0.1) is 10.1 Å². The zero-order valence-electron chi connectivity index (χ0n) is 11.4. The lowest BCUT2D eigenvalue weighted by atomic mass is 10.1. The van der Waals surface area contributed by atoms with Crippen molar-refractivity contribution in [3.8, 4) is 0 Å². The highest BCUT2D eigenvalue weighted by Gasteiger charge is 2.11. The van der Waals surface area contributed by atoms with Gasteiger partial charge in [-0.2, -0.15) is 0 Å². The van der Waals surface area contributed by atoms with Crippen LogP contribution in [0.25, 0.3) is 10.8 Å². The predicted octanol–water partition coefficient (Wildman–Crippen LogP) is 5.15. The van der Waals surface area contributed by atoms with E-state index in [0.29, 0.717) is 5.56 Å². The number of halogens is 1. The topological polar surface area (TPSA) is 55.5 Å². The molecule has 3 aromatic rings. The second-order valence-corrected chi connectivity index (χ2v) is 5.13. The molecule has 0 N–H and O–H groups in total. The van der Waals surface area contributed by atoms with Crippen molar-refractivity contribution in [3.05, 3.63) is 81.4 Å². The molecule has 0 spiro atoms. The molecule has 22 heavy (non-hydrogen) atoms. The van der Waals surface area contributed by atoms with Gasteiger partial charge in [-0.25, -0.2) is 0 Å². The number of hydrogen-bond donors (Lipinski definition) is 0. The minimum absolute atomic E-state index is 0.118. The van der Waals surface area contributed by atoms with Crippen molar-refractivity contribution >= 4 is 40.0 Å². The molecule has 108 valence electrons. The summed E-state index contributed by atoms with van der Waals surface area (Å²) in [7, 11) is 0. The van der Waals surface area contributed by atoms with Gasteiger partial charge in [0.2, 0.25) is 0 Å². The van der Waals surface area contributed by atoms with Crippen LogP contribution in [-0.4, -0.2) is 11.1 Å². The first-order valence-corrected chi connectivity index (χ1v) is 6.99. The fourth-order valence-electron chi connectivity index (χ4n) is 2.21. The van der Waals surface area contributed by atoms with Gasteiger partial charge in [0.05, 0.1) is 10.6 Å². The third-order valence-electron chi connectivity index (χ3n) is 3.29. The molecule has 0 aliphatic heterocycles. The molecule has 3 aromatic carbocycles. The van der Waals surface area contributed by atoms with Gasteiger partial charge < -0.3 is 0 Å². The van der Waals surface area contributed by atoms with E-state index in [1.54, 1.807) is 12.3 Å². The zero-order chi connectivity index (χ0) is 15.5. The fraction of sp³-hybridized carbons (Fsp3) is 0. The molecular formula is C17H11ClN2O2. The van der Waals surface area contributed by atoms with Crippen LogP contribution < -0.4 is 0 Å². The van der Waals surface area contributed by atoms with Crippen molar-refractivity contribution in [2.24, 2.45) is 4.99 Å². The van der Waals surface area contributed by atoms with Gasteiger partial charge in [-0.15, -0.1) is 0 Å². The smallest absolute Gasteiger partial charge is 0.258 e. The van der Waals surface area contributed by atoms with Crippen LogP contribution >= 0.6 is 11.6 Å². The molecule has 0 amide bonds. The lowest BCUT2D eigenvalue weighted by Gasteiger charge is -2.01. The molecule has 5 heteroatoms. The van der Waals surface area contributed by atoms with E-state index in [9.17, 15) is 10.1 Å². The molecule has 0 saturated carbocycles. The third kappa shape index (κ3) is 2.82. The van der Waals surface area contributed by atoms with E-state index in [4.69, 9.17) is 11.6 Å². The first kappa shape index (κ1) is 14.2. The second kappa shape index (κ2) is 5.95. The average molecular weight is 311 g/mol. The quantitative estimate of drug-likeness (QED) is 0.381. The summed E-state index contributed by atoms with van der Waals surface area (Å²) in [6.45, 7) is 0. The Kier molecular flexibility index (Phi) is 3.85. The van der Waals surface area contributed by atoms with Crippen LogP contribution in [0.5, 0.6) is 0 Å². The minimum atomic E-state index is -0.502. The Hall–Kier alpha value is -2.72. The summed E-state index contributed by atoms with van der Waals surface area (Å²) >= 11 is 5.80. The Labute approximate surface area is 131 Å². The van der Waals surface area contributed by atoms with Crippen LogP contribution in [0.2, 0.25) is 5.02 Å². The van der Waals surface area contributed by atoms with Gasteiger partial charge in [0.15, 0.2) is 0 Å². The highest BCUT2D eigenvalue weighted by Crippen LogP contribution is 2.27. The van der Waals surface area contributed by atoms with Crippen molar-refractivity contribution < 1.29 is 4.92 Å². The lowest BCUT2D eigenvalue weighted by molar-refractivity contribution is -0.384. The summed E-state index contributed by atoms with van der Waals surface area (Å²) < 4.78 is 0. The number of nitro groups is 1. The van der Waals surface area contributed by atoms with E-state index in [2.05, 4.69) is 4.99 Å². The molecule has 0 aromatic heterocycles. The van der Waals surface area contributed by atoms with E-state index in [1.807, 2.05) is 42.5 Å². The summed E-state index contributed by atoms with van der Waals surface area (Å²) in [6, 6.07) is 18.4.